The van der Waals surface area contributed by atoms with Crippen LogP contribution >= 0.6 is 0 Å². The maximum absolute atomic E-state index is 13.4. The maximum atomic E-state index is 13.4. The number of hydrogen-bond acceptors (Lipinski definition) is 3. The Morgan fingerprint density at radius 3 is 2.71 bits per heavy atom. The molecule has 0 saturated heterocycles. The predicted molar refractivity (Wildman–Crippen MR) is 83.6 cm³/mol. The van der Waals surface area contributed by atoms with Crippen LogP contribution in [0.15, 0.2) is 18.2 Å². The first kappa shape index (κ1) is 17.4. The quantitative estimate of drug-likeness (QED) is 0.597. The Labute approximate surface area is 125 Å². The number of benzene rings is 1. The summed E-state index contributed by atoms with van der Waals surface area (Å²) >= 11 is 0. The first-order valence-corrected chi connectivity index (χ1v) is 7.20. The highest BCUT2D eigenvalue weighted by atomic mass is 19.1. The van der Waals surface area contributed by atoms with E-state index in [1.807, 2.05) is 0 Å². The minimum Gasteiger partial charge on any atom is -0.399 e. The van der Waals surface area contributed by atoms with Gasteiger partial charge in [0.15, 0.2) is 0 Å². The zero-order valence-corrected chi connectivity index (χ0v) is 13.0. The van der Waals surface area contributed by atoms with Gasteiger partial charge in [0, 0.05) is 25.3 Å². The van der Waals surface area contributed by atoms with Crippen molar-refractivity contribution in [3.63, 3.8) is 0 Å². The summed E-state index contributed by atoms with van der Waals surface area (Å²) in [6, 6.07) is 4.10. The van der Waals surface area contributed by atoms with Gasteiger partial charge >= 0.3 is 0 Å². The standard InChI is InChI=1S/C16H25FN2O2/c1-16(2,3)8-10-21-9-4-5-15(20)19-14-11-12(18)6-7-13(14)17/h6-7,11H,4-5,8-10,18H2,1-3H3,(H,19,20). The molecular weight excluding hydrogens is 271 g/mol. The van der Waals surface area contributed by atoms with Crippen LogP contribution in [0.2, 0.25) is 0 Å². The van der Waals surface area contributed by atoms with E-state index in [0.29, 0.717) is 31.7 Å². The Balaban J connectivity index is 2.21. The molecule has 0 saturated carbocycles. The summed E-state index contributed by atoms with van der Waals surface area (Å²) in [5, 5.41) is 2.52. The maximum Gasteiger partial charge on any atom is 0.224 e. The van der Waals surface area contributed by atoms with Crippen LogP contribution in [0.3, 0.4) is 0 Å². The smallest absolute Gasteiger partial charge is 0.224 e. The Kier molecular flexibility index (Phi) is 6.62. The Hall–Kier alpha value is -1.62. The highest BCUT2D eigenvalue weighted by molar-refractivity contribution is 5.91. The molecule has 1 amide bonds. The Morgan fingerprint density at radius 2 is 2.05 bits per heavy atom. The van der Waals surface area contributed by atoms with Crippen LogP contribution in [0.4, 0.5) is 15.8 Å². The molecule has 0 atom stereocenters. The minimum absolute atomic E-state index is 0.119. The number of nitrogen functional groups attached to an aromatic ring is 1. The lowest BCUT2D eigenvalue weighted by Crippen LogP contribution is -2.14. The highest BCUT2D eigenvalue weighted by Crippen LogP contribution is 2.18. The number of halogens is 1. The molecule has 0 aliphatic rings. The fraction of sp³-hybridized carbons (Fsp3) is 0.562. The summed E-state index contributed by atoms with van der Waals surface area (Å²) in [6.45, 7) is 7.69. The van der Waals surface area contributed by atoms with Gasteiger partial charge in [-0.05, 0) is 36.5 Å². The number of nitrogens with two attached hydrogens (primary N) is 1. The van der Waals surface area contributed by atoms with Crippen LogP contribution < -0.4 is 11.1 Å². The van der Waals surface area contributed by atoms with Crippen molar-refractivity contribution in [1.29, 1.82) is 0 Å². The molecule has 0 aliphatic carbocycles. The first-order valence-electron chi connectivity index (χ1n) is 7.20. The van der Waals surface area contributed by atoms with Crippen LogP contribution in [0, 0.1) is 11.2 Å². The van der Waals surface area contributed by atoms with Crippen LogP contribution in [0.5, 0.6) is 0 Å². The molecule has 1 rings (SSSR count). The molecule has 0 fully saturated rings. The van der Waals surface area contributed by atoms with Crippen LogP contribution in [-0.2, 0) is 9.53 Å². The second-order valence-electron chi connectivity index (χ2n) is 6.31. The van der Waals surface area contributed by atoms with Crippen molar-refractivity contribution < 1.29 is 13.9 Å². The summed E-state index contributed by atoms with van der Waals surface area (Å²) in [5.41, 5.74) is 6.34. The summed E-state index contributed by atoms with van der Waals surface area (Å²) in [5.74, 6) is -0.724. The molecule has 0 spiro atoms. The zero-order chi connectivity index (χ0) is 15.9. The van der Waals surface area contributed by atoms with Gasteiger partial charge in [-0.1, -0.05) is 20.8 Å². The lowest BCUT2D eigenvalue weighted by Gasteiger charge is -2.17. The van der Waals surface area contributed by atoms with Crippen LogP contribution in [0.1, 0.15) is 40.0 Å². The second-order valence-corrected chi connectivity index (χ2v) is 6.31. The third kappa shape index (κ3) is 7.66. The molecule has 1 aromatic rings. The molecule has 4 nitrogen and oxygen atoms in total. The van der Waals surface area contributed by atoms with E-state index in [9.17, 15) is 9.18 Å². The summed E-state index contributed by atoms with van der Waals surface area (Å²) in [6.07, 6.45) is 1.89. The average Bonchev–Trinajstić information content (AvgIpc) is 2.37. The predicted octanol–water partition coefficient (Wildman–Crippen LogP) is 3.58. The fourth-order valence-corrected chi connectivity index (χ4v) is 1.67. The molecule has 5 heteroatoms. The van der Waals surface area contributed by atoms with E-state index < -0.39 is 5.82 Å². The molecule has 0 heterocycles. The highest BCUT2D eigenvalue weighted by Gasteiger charge is 2.10. The number of ether oxygens (including phenoxy) is 1. The lowest BCUT2D eigenvalue weighted by atomic mass is 9.93. The summed E-state index contributed by atoms with van der Waals surface area (Å²) in [7, 11) is 0. The SMILES string of the molecule is CC(C)(C)CCOCCCC(=O)Nc1cc(N)ccc1F. The second kappa shape index (κ2) is 7.98. The number of hydrogen-bond donors (Lipinski definition) is 2. The molecule has 0 unspecified atom stereocenters. The van der Waals surface area contributed by atoms with Crippen molar-refractivity contribution in [3.05, 3.63) is 24.0 Å². The minimum atomic E-state index is -0.487. The van der Waals surface area contributed by atoms with E-state index >= 15 is 0 Å². The van der Waals surface area contributed by atoms with Gasteiger partial charge in [0.25, 0.3) is 0 Å². The molecule has 0 aromatic heterocycles. The zero-order valence-electron chi connectivity index (χ0n) is 13.0. The fourth-order valence-electron chi connectivity index (χ4n) is 1.67. The molecule has 118 valence electrons. The molecule has 1 aromatic carbocycles. The molecule has 3 N–H and O–H groups in total. The first-order chi connectivity index (χ1) is 9.78. The van der Waals surface area contributed by atoms with Gasteiger partial charge in [-0.2, -0.15) is 0 Å². The van der Waals surface area contributed by atoms with Crippen molar-refractivity contribution in [2.24, 2.45) is 5.41 Å². The number of carbonyl (C=O) groups excluding carboxylic acids is 1. The Morgan fingerprint density at radius 1 is 1.33 bits per heavy atom. The average molecular weight is 296 g/mol. The van der Waals surface area contributed by atoms with E-state index in [2.05, 4.69) is 26.1 Å². The summed E-state index contributed by atoms with van der Waals surface area (Å²) < 4.78 is 18.9. The molecule has 21 heavy (non-hydrogen) atoms. The van der Waals surface area contributed by atoms with Gasteiger partial charge in [0.2, 0.25) is 5.91 Å². The van der Waals surface area contributed by atoms with Crippen molar-refractivity contribution in [2.45, 2.75) is 40.0 Å². The van der Waals surface area contributed by atoms with Gasteiger partial charge < -0.3 is 15.8 Å². The van der Waals surface area contributed by atoms with E-state index in [4.69, 9.17) is 10.5 Å². The molecular formula is C16H25FN2O2. The van der Waals surface area contributed by atoms with Crippen LogP contribution in [0.25, 0.3) is 0 Å². The van der Waals surface area contributed by atoms with Crippen LogP contribution in [-0.4, -0.2) is 19.1 Å². The van der Waals surface area contributed by atoms with E-state index in [0.717, 1.165) is 6.42 Å². The van der Waals surface area contributed by atoms with Gasteiger partial charge in [-0.25, -0.2) is 4.39 Å². The third-order valence-corrected chi connectivity index (χ3v) is 2.95. The number of carbonyl (C=O) groups is 1. The van der Waals surface area contributed by atoms with Crippen molar-refractivity contribution >= 4 is 17.3 Å². The summed E-state index contributed by atoms with van der Waals surface area (Å²) in [4.78, 5) is 11.7. The van der Waals surface area contributed by atoms with Gasteiger partial charge in [-0.15, -0.1) is 0 Å². The largest absolute Gasteiger partial charge is 0.399 e. The topological polar surface area (TPSA) is 64.3 Å². The van der Waals surface area contributed by atoms with E-state index in [1.54, 1.807) is 0 Å². The third-order valence-electron chi connectivity index (χ3n) is 2.95. The molecule has 0 bridgehead atoms. The number of anilines is 2. The van der Waals surface area contributed by atoms with E-state index in [1.165, 1.54) is 18.2 Å². The van der Waals surface area contributed by atoms with Crippen molar-refractivity contribution in [3.8, 4) is 0 Å². The van der Waals surface area contributed by atoms with Crippen molar-refractivity contribution in [2.75, 3.05) is 24.3 Å². The van der Waals surface area contributed by atoms with E-state index in [-0.39, 0.29) is 17.0 Å². The monoisotopic (exact) mass is 296 g/mol. The van der Waals surface area contributed by atoms with Gasteiger partial charge in [-0.3, -0.25) is 4.79 Å². The normalized spacial score (nSPS) is 11.4. The van der Waals surface area contributed by atoms with Gasteiger partial charge in [0.05, 0.1) is 5.69 Å². The molecule has 0 aliphatic heterocycles. The number of amides is 1. The molecule has 0 radical (unpaired) electrons. The lowest BCUT2D eigenvalue weighted by molar-refractivity contribution is -0.116. The number of nitrogens with one attached hydrogen (secondary N) is 1. The van der Waals surface area contributed by atoms with Crippen molar-refractivity contribution in [1.82, 2.24) is 0 Å². The Bertz CT molecular complexity index is 470. The number of rotatable bonds is 7. The van der Waals surface area contributed by atoms with Gasteiger partial charge in [0.1, 0.15) is 5.82 Å².